The number of halogens is 2. The Kier molecular flexibility index (Phi) is 2.92. The smallest absolute Gasteiger partial charge is 0.299 e. The third-order valence-electron chi connectivity index (χ3n) is 2.45. The van der Waals surface area contributed by atoms with Crippen LogP contribution in [-0.2, 0) is 4.79 Å². The predicted octanol–water partition coefficient (Wildman–Crippen LogP) is 1.98. The molecular formula is C11H9ClFNO2. The fourth-order valence-corrected chi connectivity index (χ4v) is 1.83. The van der Waals surface area contributed by atoms with Crippen LogP contribution in [0.5, 0.6) is 0 Å². The molecule has 0 saturated carbocycles. The molecule has 0 N–H and O–H groups in total. The van der Waals surface area contributed by atoms with Crippen LogP contribution in [-0.4, -0.2) is 24.1 Å². The van der Waals surface area contributed by atoms with Crippen LogP contribution >= 0.6 is 11.6 Å². The van der Waals surface area contributed by atoms with Crippen LogP contribution in [0.15, 0.2) is 18.2 Å². The Bertz CT molecular complexity index is 461. The fraction of sp³-hybridized carbons (Fsp3) is 0.273. The minimum atomic E-state index is -0.649. The quantitative estimate of drug-likeness (QED) is 0.600. The Balaban J connectivity index is 2.38. The van der Waals surface area contributed by atoms with E-state index in [4.69, 9.17) is 11.6 Å². The minimum Gasteiger partial charge on any atom is -0.305 e. The first kappa shape index (κ1) is 11.1. The second-order valence-electron chi connectivity index (χ2n) is 3.49. The molecule has 0 spiro atoms. The fourth-order valence-electron chi connectivity index (χ4n) is 1.71. The van der Waals surface area contributed by atoms with Gasteiger partial charge in [0.25, 0.3) is 11.7 Å². The Morgan fingerprint density at radius 3 is 2.75 bits per heavy atom. The maximum Gasteiger partial charge on any atom is 0.299 e. The molecule has 2 rings (SSSR count). The SMILES string of the molecule is O=C1C(=O)N(CCCCl)c2ccc(F)cc21. The molecule has 0 aliphatic carbocycles. The second-order valence-corrected chi connectivity index (χ2v) is 3.87. The molecule has 1 amide bonds. The third kappa shape index (κ3) is 1.69. The van der Waals surface area contributed by atoms with Gasteiger partial charge in [0.05, 0.1) is 11.3 Å². The van der Waals surface area contributed by atoms with E-state index in [0.29, 0.717) is 24.5 Å². The number of Topliss-reactive ketones (excluding diaryl/α,β-unsaturated/α-hetero) is 1. The predicted molar refractivity (Wildman–Crippen MR) is 58.4 cm³/mol. The molecule has 16 heavy (non-hydrogen) atoms. The lowest BCUT2D eigenvalue weighted by molar-refractivity contribution is -0.114. The van der Waals surface area contributed by atoms with E-state index in [-0.39, 0.29) is 5.56 Å². The number of carbonyl (C=O) groups excluding carboxylic acids is 2. The minimum absolute atomic E-state index is 0.138. The van der Waals surface area contributed by atoms with Gasteiger partial charge in [-0.3, -0.25) is 9.59 Å². The summed E-state index contributed by atoms with van der Waals surface area (Å²) in [6.45, 7) is 0.382. The van der Waals surface area contributed by atoms with Gasteiger partial charge in [0.15, 0.2) is 0 Å². The topological polar surface area (TPSA) is 37.4 Å². The third-order valence-corrected chi connectivity index (χ3v) is 2.72. The van der Waals surface area contributed by atoms with Crippen molar-refractivity contribution in [3.05, 3.63) is 29.6 Å². The van der Waals surface area contributed by atoms with Gasteiger partial charge in [0.2, 0.25) is 0 Å². The Labute approximate surface area is 96.8 Å². The van der Waals surface area contributed by atoms with E-state index in [2.05, 4.69) is 0 Å². The number of hydrogen-bond acceptors (Lipinski definition) is 2. The first-order valence-corrected chi connectivity index (χ1v) is 5.40. The summed E-state index contributed by atoms with van der Waals surface area (Å²) in [4.78, 5) is 24.5. The van der Waals surface area contributed by atoms with Crippen LogP contribution in [0.3, 0.4) is 0 Å². The molecular weight excluding hydrogens is 233 g/mol. The van der Waals surface area contributed by atoms with Crippen molar-refractivity contribution in [3.8, 4) is 0 Å². The highest BCUT2D eigenvalue weighted by Gasteiger charge is 2.35. The lowest BCUT2D eigenvalue weighted by Gasteiger charge is -2.15. The van der Waals surface area contributed by atoms with Gasteiger partial charge in [-0.2, -0.15) is 0 Å². The monoisotopic (exact) mass is 241 g/mol. The summed E-state index contributed by atoms with van der Waals surface area (Å²) < 4.78 is 12.9. The van der Waals surface area contributed by atoms with Gasteiger partial charge in [0.1, 0.15) is 5.82 Å². The molecule has 1 aliphatic rings. The van der Waals surface area contributed by atoms with Gasteiger partial charge in [0, 0.05) is 12.4 Å². The van der Waals surface area contributed by atoms with Gasteiger partial charge < -0.3 is 4.90 Å². The summed E-state index contributed by atoms with van der Waals surface area (Å²) in [5.41, 5.74) is 0.612. The number of nitrogens with zero attached hydrogens (tertiary/aromatic N) is 1. The van der Waals surface area contributed by atoms with Crippen LogP contribution in [0.4, 0.5) is 10.1 Å². The maximum atomic E-state index is 12.9. The van der Waals surface area contributed by atoms with Gasteiger partial charge in [-0.1, -0.05) is 0 Å². The molecule has 0 saturated heterocycles. The summed E-state index contributed by atoms with van der Waals surface area (Å²) in [5.74, 6) is -1.36. The lowest BCUT2D eigenvalue weighted by atomic mass is 10.1. The van der Waals surface area contributed by atoms with Gasteiger partial charge in [-0.05, 0) is 24.6 Å². The molecule has 0 radical (unpaired) electrons. The highest BCUT2D eigenvalue weighted by atomic mass is 35.5. The van der Waals surface area contributed by atoms with E-state index < -0.39 is 17.5 Å². The molecule has 3 nitrogen and oxygen atoms in total. The van der Waals surface area contributed by atoms with E-state index in [1.165, 1.54) is 17.0 Å². The maximum absolute atomic E-state index is 12.9. The zero-order valence-electron chi connectivity index (χ0n) is 8.37. The number of alkyl halides is 1. The molecule has 0 aromatic heterocycles. The highest BCUT2D eigenvalue weighted by Crippen LogP contribution is 2.29. The number of amides is 1. The number of hydrogen-bond donors (Lipinski definition) is 0. The van der Waals surface area contributed by atoms with Crippen molar-refractivity contribution in [3.63, 3.8) is 0 Å². The van der Waals surface area contributed by atoms with Crippen LogP contribution in [0.2, 0.25) is 0 Å². The number of carbonyl (C=O) groups is 2. The molecule has 0 fully saturated rings. The highest BCUT2D eigenvalue weighted by molar-refractivity contribution is 6.52. The summed E-state index contributed by atoms with van der Waals surface area (Å²) in [5, 5.41) is 0. The summed E-state index contributed by atoms with van der Waals surface area (Å²) in [6.07, 6.45) is 0.595. The van der Waals surface area contributed by atoms with E-state index in [1.54, 1.807) is 0 Å². The average molecular weight is 242 g/mol. The Morgan fingerprint density at radius 1 is 1.31 bits per heavy atom. The van der Waals surface area contributed by atoms with Crippen LogP contribution in [0.1, 0.15) is 16.8 Å². The van der Waals surface area contributed by atoms with Crippen molar-refractivity contribution in [2.24, 2.45) is 0 Å². The molecule has 0 bridgehead atoms. The summed E-state index contributed by atoms with van der Waals surface area (Å²) in [6, 6.07) is 3.77. The van der Waals surface area contributed by atoms with E-state index in [9.17, 15) is 14.0 Å². The zero-order valence-corrected chi connectivity index (χ0v) is 9.13. The zero-order chi connectivity index (χ0) is 11.7. The molecule has 0 atom stereocenters. The van der Waals surface area contributed by atoms with E-state index in [0.717, 1.165) is 6.07 Å². The Morgan fingerprint density at radius 2 is 2.06 bits per heavy atom. The van der Waals surface area contributed by atoms with Crippen molar-refractivity contribution in [2.45, 2.75) is 6.42 Å². The molecule has 84 valence electrons. The first-order valence-electron chi connectivity index (χ1n) is 4.87. The van der Waals surface area contributed by atoms with Gasteiger partial charge in [-0.25, -0.2) is 4.39 Å². The first-order chi connectivity index (χ1) is 7.65. The van der Waals surface area contributed by atoms with Crippen LogP contribution in [0, 0.1) is 5.82 Å². The van der Waals surface area contributed by atoms with E-state index >= 15 is 0 Å². The molecule has 0 unspecified atom stereocenters. The van der Waals surface area contributed by atoms with Gasteiger partial charge in [-0.15, -0.1) is 11.6 Å². The molecule has 1 aromatic rings. The van der Waals surface area contributed by atoms with Crippen molar-refractivity contribution in [1.29, 1.82) is 0 Å². The number of anilines is 1. The molecule has 5 heteroatoms. The molecule has 1 aliphatic heterocycles. The number of benzene rings is 1. The van der Waals surface area contributed by atoms with E-state index in [1.807, 2.05) is 0 Å². The summed E-state index contributed by atoms with van der Waals surface area (Å²) in [7, 11) is 0. The molecule has 1 heterocycles. The largest absolute Gasteiger partial charge is 0.305 e. The van der Waals surface area contributed by atoms with Crippen LogP contribution < -0.4 is 4.90 Å². The lowest BCUT2D eigenvalue weighted by Crippen LogP contribution is -2.30. The van der Waals surface area contributed by atoms with Gasteiger partial charge >= 0.3 is 0 Å². The Hall–Kier alpha value is -1.42. The summed E-state index contributed by atoms with van der Waals surface area (Å²) >= 11 is 5.53. The number of rotatable bonds is 3. The van der Waals surface area contributed by atoms with Crippen LogP contribution in [0.25, 0.3) is 0 Å². The van der Waals surface area contributed by atoms with Crippen molar-refractivity contribution >= 4 is 29.0 Å². The van der Waals surface area contributed by atoms with Crippen molar-refractivity contribution < 1.29 is 14.0 Å². The van der Waals surface area contributed by atoms with Crippen molar-refractivity contribution in [1.82, 2.24) is 0 Å². The number of fused-ring (bicyclic) bond motifs is 1. The normalized spacial score (nSPS) is 14.5. The number of ketones is 1. The van der Waals surface area contributed by atoms with Crippen molar-refractivity contribution in [2.75, 3.05) is 17.3 Å². The molecule has 1 aromatic carbocycles. The second kappa shape index (κ2) is 4.22. The standard InChI is InChI=1S/C11H9ClFNO2/c12-4-1-5-14-9-3-2-7(13)6-8(9)10(15)11(14)16/h2-3,6H,1,4-5H2. The average Bonchev–Trinajstić information content (AvgIpc) is 2.50.